The fourth-order valence-electron chi connectivity index (χ4n) is 5.52. The van der Waals surface area contributed by atoms with Gasteiger partial charge in [-0.15, -0.1) is 0 Å². The number of benzene rings is 1. The van der Waals surface area contributed by atoms with E-state index in [4.69, 9.17) is 10.00 Å². The molecule has 2 nitrogen and oxygen atoms in total. The molecule has 0 radical (unpaired) electrons. The lowest BCUT2D eigenvalue weighted by atomic mass is 9.59. The maximum atomic E-state index is 8.89. The van der Waals surface area contributed by atoms with Crippen LogP contribution in [0.25, 0.3) is 0 Å². The largest absolute Gasteiger partial charge is 0.376 e. The van der Waals surface area contributed by atoms with Crippen LogP contribution in [0, 0.1) is 28.1 Å². The van der Waals surface area contributed by atoms with Crippen LogP contribution in [0.15, 0.2) is 30.3 Å². The molecule has 150 valence electrons. The quantitative estimate of drug-likeness (QED) is 0.362. The zero-order valence-corrected chi connectivity index (χ0v) is 17.8. The zero-order chi connectivity index (χ0) is 19.6. The van der Waals surface area contributed by atoms with E-state index in [1.165, 1.54) is 56.9 Å². The van der Waals surface area contributed by atoms with Gasteiger partial charge in [0.2, 0.25) is 0 Å². The van der Waals surface area contributed by atoms with Crippen molar-refractivity contribution >= 4 is 0 Å². The van der Waals surface area contributed by atoms with Gasteiger partial charge in [-0.25, -0.2) is 0 Å². The third kappa shape index (κ3) is 6.35. The Morgan fingerprint density at radius 3 is 2.48 bits per heavy atom. The Balaban J connectivity index is 2.09. The average molecular weight is 370 g/mol. The van der Waals surface area contributed by atoms with Gasteiger partial charge >= 0.3 is 0 Å². The number of rotatable bonds is 12. The van der Waals surface area contributed by atoms with Gasteiger partial charge in [0, 0.05) is 6.42 Å². The number of unbranched alkanes of at least 4 members (excludes halogenated alkanes) is 2. The fraction of sp³-hybridized carbons (Fsp3) is 0.720. The van der Waals surface area contributed by atoms with Gasteiger partial charge in [0.1, 0.15) is 0 Å². The maximum absolute atomic E-state index is 8.89. The molecule has 0 amide bonds. The molecule has 27 heavy (non-hydrogen) atoms. The third-order valence-corrected chi connectivity index (χ3v) is 6.71. The fourth-order valence-corrected chi connectivity index (χ4v) is 5.52. The van der Waals surface area contributed by atoms with E-state index in [0.717, 1.165) is 19.6 Å². The van der Waals surface area contributed by atoms with Crippen LogP contribution in [0.3, 0.4) is 0 Å². The van der Waals surface area contributed by atoms with Gasteiger partial charge in [-0.2, -0.15) is 5.26 Å². The summed E-state index contributed by atoms with van der Waals surface area (Å²) in [4.78, 5) is 0. The normalized spacial score (nSPS) is 17.6. The Morgan fingerprint density at radius 1 is 1.15 bits per heavy atom. The summed E-state index contributed by atoms with van der Waals surface area (Å²) < 4.78 is 6.34. The summed E-state index contributed by atoms with van der Waals surface area (Å²) >= 11 is 0. The van der Waals surface area contributed by atoms with Gasteiger partial charge in [0.15, 0.2) is 0 Å². The standard InChI is InChI=1S/C25H39NO/c1-4-16-24(2,3)23(15-9-6-12-19-26)25(17-10-11-18-25)21-27-20-22-13-7-5-8-14-22/h5,7-8,13-14,23H,4,6,9-12,15-18,20-21H2,1-3H3. The van der Waals surface area contributed by atoms with Crippen LogP contribution in [0.1, 0.15) is 90.5 Å². The van der Waals surface area contributed by atoms with Crippen molar-refractivity contribution in [3.63, 3.8) is 0 Å². The summed E-state index contributed by atoms with van der Waals surface area (Å²) in [5.41, 5.74) is 1.92. The summed E-state index contributed by atoms with van der Waals surface area (Å²) in [5, 5.41) is 8.89. The molecule has 1 aromatic rings. The van der Waals surface area contributed by atoms with E-state index in [2.05, 4.69) is 57.2 Å². The maximum Gasteiger partial charge on any atom is 0.0717 e. The monoisotopic (exact) mass is 369 g/mol. The molecule has 0 heterocycles. The number of hydrogen-bond donors (Lipinski definition) is 0. The van der Waals surface area contributed by atoms with E-state index in [1.807, 2.05) is 0 Å². The van der Waals surface area contributed by atoms with E-state index in [1.54, 1.807) is 0 Å². The molecule has 2 rings (SSSR count). The smallest absolute Gasteiger partial charge is 0.0717 e. The first kappa shape index (κ1) is 22.0. The molecule has 1 aliphatic carbocycles. The van der Waals surface area contributed by atoms with Crippen molar-refractivity contribution < 1.29 is 4.74 Å². The molecule has 0 bridgehead atoms. The highest BCUT2D eigenvalue weighted by atomic mass is 16.5. The van der Waals surface area contributed by atoms with Crippen molar-refractivity contribution in [2.45, 2.75) is 91.6 Å². The summed E-state index contributed by atoms with van der Waals surface area (Å²) in [5.74, 6) is 0.682. The number of nitriles is 1. The summed E-state index contributed by atoms with van der Waals surface area (Å²) in [6.45, 7) is 8.86. The van der Waals surface area contributed by atoms with Crippen LogP contribution >= 0.6 is 0 Å². The van der Waals surface area contributed by atoms with E-state index in [9.17, 15) is 0 Å². The lowest BCUT2D eigenvalue weighted by molar-refractivity contribution is -0.0466. The average Bonchev–Trinajstić information content (AvgIpc) is 3.11. The van der Waals surface area contributed by atoms with Crippen molar-refractivity contribution in [3.8, 4) is 6.07 Å². The second-order valence-electron chi connectivity index (χ2n) is 9.24. The number of ether oxygens (including phenoxy) is 1. The van der Waals surface area contributed by atoms with Crippen molar-refractivity contribution in [3.05, 3.63) is 35.9 Å². The molecule has 0 aromatic heterocycles. The van der Waals surface area contributed by atoms with E-state index < -0.39 is 0 Å². The molecule has 0 saturated heterocycles. The number of hydrogen-bond acceptors (Lipinski definition) is 2. The van der Waals surface area contributed by atoms with Crippen molar-refractivity contribution in [2.75, 3.05) is 6.61 Å². The van der Waals surface area contributed by atoms with Gasteiger partial charge in [0.25, 0.3) is 0 Å². The first-order valence-electron chi connectivity index (χ1n) is 11.0. The van der Waals surface area contributed by atoms with Crippen LogP contribution in [0.4, 0.5) is 0 Å². The molecule has 1 unspecified atom stereocenters. The predicted octanol–water partition coefficient (Wildman–Crippen LogP) is 7.29. The first-order chi connectivity index (χ1) is 13.0. The Morgan fingerprint density at radius 2 is 1.85 bits per heavy atom. The SMILES string of the molecule is CCCC(C)(C)C(CCCCC#N)C1(COCc2ccccc2)CCCC1. The Labute approximate surface area is 167 Å². The van der Waals surface area contributed by atoms with Crippen molar-refractivity contribution in [1.29, 1.82) is 5.26 Å². The molecule has 1 atom stereocenters. The minimum Gasteiger partial charge on any atom is -0.376 e. The van der Waals surface area contributed by atoms with Crippen molar-refractivity contribution in [1.82, 2.24) is 0 Å². The molecule has 0 aliphatic heterocycles. The van der Waals surface area contributed by atoms with Crippen LogP contribution in [-0.4, -0.2) is 6.61 Å². The van der Waals surface area contributed by atoms with E-state index in [0.29, 0.717) is 23.2 Å². The topological polar surface area (TPSA) is 33.0 Å². The van der Waals surface area contributed by atoms with E-state index in [-0.39, 0.29) is 0 Å². The zero-order valence-electron chi connectivity index (χ0n) is 17.8. The van der Waals surface area contributed by atoms with Gasteiger partial charge in [0.05, 0.1) is 19.3 Å². The molecule has 2 heteroatoms. The van der Waals surface area contributed by atoms with Gasteiger partial charge in [-0.3, -0.25) is 0 Å². The lowest BCUT2D eigenvalue weighted by Gasteiger charge is -2.47. The minimum atomic E-state index is 0.320. The molecule has 1 aliphatic rings. The molecule has 0 spiro atoms. The molecule has 1 aromatic carbocycles. The van der Waals surface area contributed by atoms with E-state index >= 15 is 0 Å². The predicted molar refractivity (Wildman–Crippen MR) is 113 cm³/mol. The van der Waals surface area contributed by atoms with Crippen LogP contribution in [0.5, 0.6) is 0 Å². The third-order valence-electron chi connectivity index (χ3n) is 6.71. The second kappa shape index (κ2) is 10.9. The summed E-state index contributed by atoms with van der Waals surface area (Å²) in [7, 11) is 0. The summed E-state index contributed by atoms with van der Waals surface area (Å²) in [6, 6.07) is 12.9. The van der Waals surface area contributed by atoms with Crippen LogP contribution in [0.2, 0.25) is 0 Å². The molecule has 0 N–H and O–H groups in total. The lowest BCUT2D eigenvalue weighted by Crippen LogP contribution is -2.41. The highest BCUT2D eigenvalue weighted by molar-refractivity contribution is 5.13. The molecule has 1 saturated carbocycles. The Kier molecular flexibility index (Phi) is 8.84. The summed E-state index contributed by atoms with van der Waals surface area (Å²) in [6.07, 6.45) is 11.9. The second-order valence-corrected chi connectivity index (χ2v) is 9.24. The number of nitrogens with zero attached hydrogens (tertiary/aromatic N) is 1. The van der Waals surface area contributed by atoms with Gasteiger partial charge in [-0.1, -0.05) is 76.8 Å². The Bertz CT molecular complexity index is 566. The van der Waals surface area contributed by atoms with Crippen LogP contribution in [-0.2, 0) is 11.3 Å². The molecule has 1 fully saturated rings. The van der Waals surface area contributed by atoms with Crippen molar-refractivity contribution in [2.24, 2.45) is 16.7 Å². The molecular weight excluding hydrogens is 330 g/mol. The van der Waals surface area contributed by atoms with Gasteiger partial charge in [-0.05, 0) is 54.4 Å². The Hall–Kier alpha value is -1.33. The van der Waals surface area contributed by atoms with Gasteiger partial charge < -0.3 is 4.74 Å². The first-order valence-corrected chi connectivity index (χ1v) is 11.0. The molecular formula is C25H39NO. The highest BCUT2D eigenvalue weighted by Crippen LogP contribution is 2.54. The van der Waals surface area contributed by atoms with Crippen LogP contribution < -0.4 is 0 Å². The highest BCUT2D eigenvalue weighted by Gasteiger charge is 2.47. The minimum absolute atomic E-state index is 0.320.